The van der Waals surface area contributed by atoms with Gasteiger partial charge in [-0.2, -0.15) is 0 Å². The molecule has 17 heavy (non-hydrogen) atoms. The first kappa shape index (κ1) is 13.5. The summed E-state index contributed by atoms with van der Waals surface area (Å²) in [6.45, 7) is 0.853. The number of hydrogen-bond acceptors (Lipinski definition) is 3. The lowest BCUT2D eigenvalue weighted by atomic mass is 10.3. The van der Waals surface area contributed by atoms with Crippen molar-refractivity contribution in [2.45, 2.75) is 17.7 Å². The van der Waals surface area contributed by atoms with Crippen LogP contribution in [0, 0.1) is 0 Å². The summed E-state index contributed by atoms with van der Waals surface area (Å²) in [4.78, 5) is 5.42. The van der Waals surface area contributed by atoms with E-state index in [2.05, 4.69) is 31.9 Å². The highest BCUT2D eigenvalue weighted by Crippen LogP contribution is 2.29. The molecule has 1 aromatic rings. The Morgan fingerprint density at radius 1 is 1.24 bits per heavy atom. The number of benzene rings is 1. The quantitative estimate of drug-likeness (QED) is 0.787. The molecule has 1 heterocycles. The van der Waals surface area contributed by atoms with Crippen molar-refractivity contribution in [1.82, 2.24) is 4.47 Å². The second kappa shape index (κ2) is 5.36. The summed E-state index contributed by atoms with van der Waals surface area (Å²) in [7, 11) is -3.58. The zero-order valence-corrected chi connectivity index (χ0v) is 12.9. The van der Waals surface area contributed by atoms with Crippen LogP contribution in [0.15, 0.2) is 32.0 Å². The van der Waals surface area contributed by atoms with Gasteiger partial charge >= 0.3 is 0 Å². The van der Waals surface area contributed by atoms with Crippen molar-refractivity contribution >= 4 is 41.9 Å². The van der Waals surface area contributed by atoms with E-state index in [9.17, 15) is 8.42 Å². The molecule has 1 aliphatic heterocycles. The average molecular weight is 385 g/mol. The largest absolute Gasteiger partial charge is 0.284 e. The van der Waals surface area contributed by atoms with Crippen LogP contribution in [0.3, 0.4) is 0 Å². The fourth-order valence-corrected chi connectivity index (χ4v) is 4.31. The van der Waals surface area contributed by atoms with Crippen LogP contribution in [-0.4, -0.2) is 26.0 Å². The molecule has 1 aromatic carbocycles. The third kappa shape index (κ3) is 2.90. The Hall–Kier alpha value is 0.0500. The molecule has 1 fully saturated rings. The molecular weight excluding hydrogens is 374 g/mol. The maximum absolute atomic E-state index is 12.3. The summed E-state index contributed by atoms with van der Waals surface area (Å²) in [5.41, 5.74) is 0. The van der Waals surface area contributed by atoms with E-state index in [1.165, 1.54) is 0 Å². The number of hydrogen-bond donors (Lipinski definition) is 0. The van der Waals surface area contributed by atoms with Crippen LogP contribution in [0.1, 0.15) is 12.8 Å². The van der Waals surface area contributed by atoms with Gasteiger partial charge in [-0.3, -0.25) is 4.84 Å². The van der Waals surface area contributed by atoms with Gasteiger partial charge in [-0.05, 0) is 47.0 Å². The predicted octanol–water partition coefficient (Wildman–Crippen LogP) is 2.93. The van der Waals surface area contributed by atoms with Crippen LogP contribution < -0.4 is 0 Å². The Morgan fingerprint density at radius 3 is 2.65 bits per heavy atom. The average Bonchev–Trinajstić information content (AvgIpc) is 2.33. The minimum Gasteiger partial charge on any atom is -0.284 e. The Balaban J connectivity index is 2.40. The fraction of sp³-hybridized carbons (Fsp3) is 0.400. The zero-order chi connectivity index (χ0) is 12.5. The van der Waals surface area contributed by atoms with Gasteiger partial charge in [-0.15, -0.1) is 0 Å². The molecule has 0 N–H and O–H groups in total. The monoisotopic (exact) mass is 383 g/mol. The van der Waals surface area contributed by atoms with Crippen LogP contribution in [0.5, 0.6) is 0 Å². The molecule has 4 nitrogen and oxygen atoms in total. The second-order valence-corrected chi connectivity index (χ2v) is 7.21. The van der Waals surface area contributed by atoms with Gasteiger partial charge in [-0.1, -0.05) is 20.4 Å². The molecule has 1 saturated heterocycles. The van der Waals surface area contributed by atoms with Crippen LogP contribution >= 0.6 is 31.9 Å². The minimum absolute atomic E-state index is 0.216. The van der Waals surface area contributed by atoms with Crippen molar-refractivity contribution in [3.05, 3.63) is 27.1 Å². The molecule has 0 bridgehead atoms. The number of sulfonamides is 1. The number of nitrogens with zero attached hydrogens (tertiary/aromatic N) is 1. The van der Waals surface area contributed by atoms with Crippen LogP contribution in [0.4, 0.5) is 0 Å². The van der Waals surface area contributed by atoms with Crippen molar-refractivity contribution in [3.63, 3.8) is 0 Å². The first-order valence-electron chi connectivity index (χ1n) is 5.12. The zero-order valence-electron chi connectivity index (χ0n) is 8.90. The lowest BCUT2D eigenvalue weighted by Gasteiger charge is -2.25. The minimum atomic E-state index is -3.58. The van der Waals surface area contributed by atoms with E-state index in [0.717, 1.165) is 21.8 Å². The molecule has 2 rings (SSSR count). The van der Waals surface area contributed by atoms with Gasteiger partial charge < -0.3 is 0 Å². The number of rotatable bonds is 2. The molecule has 0 spiro atoms. The molecule has 0 aromatic heterocycles. The summed E-state index contributed by atoms with van der Waals surface area (Å²) in [6, 6.07) is 5.04. The molecule has 94 valence electrons. The third-order valence-electron chi connectivity index (χ3n) is 2.41. The Kier molecular flexibility index (Phi) is 4.25. The van der Waals surface area contributed by atoms with Crippen molar-refractivity contribution in [3.8, 4) is 0 Å². The molecular formula is C10H11Br2NO3S. The van der Waals surface area contributed by atoms with Crippen molar-refractivity contribution in [1.29, 1.82) is 0 Å². The lowest BCUT2D eigenvalue weighted by molar-refractivity contribution is -0.108. The highest BCUT2D eigenvalue weighted by Gasteiger charge is 2.29. The summed E-state index contributed by atoms with van der Waals surface area (Å²) in [5.74, 6) is 0. The topological polar surface area (TPSA) is 46.6 Å². The summed E-state index contributed by atoms with van der Waals surface area (Å²) in [6.07, 6.45) is 1.72. The molecule has 1 aliphatic rings. The second-order valence-electron chi connectivity index (χ2n) is 3.65. The van der Waals surface area contributed by atoms with Gasteiger partial charge in [0.15, 0.2) is 0 Å². The van der Waals surface area contributed by atoms with Gasteiger partial charge in [0.05, 0.1) is 11.5 Å². The van der Waals surface area contributed by atoms with Gasteiger partial charge in [0.25, 0.3) is 10.0 Å². The predicted molar refractivity (Wildman–Crippen MR) is 70.9 cm³/mol. The molecule has 0 aliphatic carbocycles. The third-order valence-corrected chi connectivity index (χ3v) is 5.57. The van der Waals surface area contributed by atoms with Gasteiger partial charge in [0.1, 0.15) is 0 Å². The fourth-order valence-electron chi connectivity index (χ4n) is 1.55. The normalized spacial score (nSPS) is 18.2. The summed E-state index contributed by atoms with van der Waals surface area (Å²) >= 11 is 6.52. The van der Waals surface area contributed by atoms with Crippen molar-refractivity contribution < 1.29 is 13.3 Å². The molecule has 0 radical (unpaired) electrons. The van der Waals surface area contributed by atoms with Crippen LogP contribution in [0.25, 0.3) is 0 Å². The first-order chi connectivity index (χ1) is 8.01. The van der Waals surface area contributed by atoms with E-state index in [4.69, 9.17) is 4.84 Å². The Labute approximate surface area is 117 Å². The van der Waals surface area contributed by atoms with Crippen LogP contribution in [-0.2, 0) is 14.9 Å². The SMILES string of the molecule is O=S(=O)(c1cc(Br)ccc1Br)N1CCCCO1. The molecule has 0 saturated carbocycles. The van der Waals surface area contributed by atoms with Gasteiger partial charge in [0.2, 0.25) is 0 Å². The van der Waals surface area contributed by atoms with E-state index >= 15 is 0 Å². The van der Waals surface area contributed by atoms with E-state index < -0.39 is 10.0 Å². The Morgan fingerprint density at radius 2 is 2.00 bits per heavy atom. The highest BCUT2D eigenvalue weighted by molar-refractivity contribution is 9.11. The maximum atomic E-state index is 12.3. The van der Waals surface area contributed by atoms with E-state index in [1.807, 2.05) is 0 Å². The van der Waals surface area contributed by atoms with Crippen molar-refractivity contribution in [2.24, 2.45) is 0 Å². The van der Waals surface area contributed by atoms with Gasteiger partial charge in [-0.25, -0.2) is 8.42 Å². The molecule has 7 heteroatoms. The smallest absolute Gasteiger partial charge is 0.266 e. The van der Waals surface area contributed by atoms with E-state index in [0.29, 0.717) is 17.6 Å². The van der Waals surface area contributed by atoms with E-state index in [1.54, 1.807) is 18.2 Å². The Bertz CT molecular complexity index is 512. The first-order valence-corrected chi connectivity index (χ1v) is 8.15. The molecule has 0 atom stereocenters. The summed E-state index contributed by atoms with van der Waals surface area (Å²) in [5, 5.41) is 0. The molecule has 0 amide bonds. The summed E-state index contributed by atoms with van der Waals surface area (Å²) < 4.78 is 26.9. The van der Waals surface area contributed by atoms with E-state index in [-0.39, 0.29) is 4.90 Å². The highest BCUT2D eigenvalue weighted by atomic mass is 79.9. The lowest BCUT2D eigenvalue weighted by Crippen LogP contribution is -2.35. The van der Waals surface area contributed by atoms with Gasteiger partial charge in [0, 0.05) is 15.5 Å². The van der Waals surface area contributed by atoms with Crippen molar-refractivity contribution in [2.75, 3.05) is 13.2 Å². The number of hydroxylamine groups is 1. The number of halogens is 2. The van der Waals surface area contributed by atoms with Crippen LogP contribution in [0.2, 0.25) is 0 Å². The molecule has 0 unspecified atom stereocenters. The maximum Gasteiger partial charge on any atom is 0.266 e. The standard InChI is InChI=1S/C10H11Br2NO3S/c11-8-3-4-9(12)10(7-8)17(14,15)13-5-1-2-6-16-13/h3-4,7H,1-2,5-6H2.